The van der Waals surface area contributed by atoms with Crippen LogP contribution < -0.4 is 14.8 Å². The summed E-state index contributed by atoms with van der Waals surface area (Å²) in [6.07, 6.45) is 0.820. The van der Waals surface area contributed by atoms with Gasteiger partial charge in [0.2, 0.25) is 0 Å². The Balaban J connectivity index is 1.75. The second-order valence-electron chi connectivity index (χ2n) is 5.69. The second kappa shape index (κ2) is 8.05. The van der Waals surface area contributed by atoms with Gasteiger partial charge in [-0.1, -0.05) is 6.07 Å². The van der Waals surface area contributed by atoms with Gasteiger partial charge in [0.15, 0.2) is 0 Å². The Bertz CT molecular complexity index is 888. The SMILES string of the molecule is COc1ccc(-c2cc(C(=O)NCCc3cccs3)n(C)n2)c(OC)c1. The first kappa shape index (κ1) is 18.0. The van der Waals surface area contributed by atoms with Crippen molar-refractivity contribution in [3.05, 3.63) is 52.3 Å². The number of rotatable bonds is 7. The first-order chi connectivity index (χ1) is 12.6. The van der Waals surface area contributed by atoms with Crippen LogP contribution in [0.5, 0.6) is 11.5 Å². The number of hydrogen-bond acceptors (Lipinski definition) is 5. The average Bonchev–Trinajstić information content (AvgIpc) is 3.30. The van der Waals surface area contributed by atoms with Crippen LogP contribution in [0.15, 0.2) is 41.8 Å². The predicted molar refractivity (Wildman–Crippen MR) is 102 cm³/mol. The largest absolute Gasteiger partial charge is 0.497 e. The number of carbonyl (C=O) groups is 1. The van der Waals surface area contributed by atoms with Gasteiger partial charge < -0.3 is 14.8 Å². The number of aromatic nitrogens is 2. The Kier molecular flexibility index (Phi) is 5.58. The van der Waals surface area contributed by atoms with E-state index in [1.807, 2.05) is 23.6 Å². The zero-order chi connectivity index (χ0) is 18.5. The molecule has 0 radical (unpaired) electrons. The lowest BCUT2D eigenvalue weighted by Crippen LogP contribution is -2.27. The van der Waals surface area contributed by atoms with E-state index in [-0.39, 0.29) is 5.91 Å². The summed E-state index contributed by atoms with van der Waals surface area (Å²) >= 11 is 1.69. The number of nitrogens with one attached hydrogen (secondary N) is 1. The Morgan fingerprint density at radius 3 is 2.77 bits per heavy atom. The molecule has 1 N–H and O–H groups in total. The third-order valence-corrected chi connectivity index (χ3v) is 4.97. The summed E-state index contributed by atoms with van der Waals surface area (Å²) in [5.41, 5.74) is 1.99. The maximum Gasteiger partial charge on any atom is 0.269 e. The number of benzene rings is 1. The van der Waals surface area contributed by atoms with E-state index in [4.69, 9.17) is 9.47 Å². The van der Waals surface area contributed by atoms with E-state index >= 15 is 0 Å². The standard InChI is InChI=1S/C19H21N3O3S/c1-22-17(19(23)20-9-8-14-5-4-10-26-14)12-16(21-22)15-7-6-13(24-2)11-18(15)25-3/h4-7,10-12H,8-9H2,1-3H3,(H,20,23). The fraction of sp³-hybridized carbons (Fsp3) is 0.263. The number of ether oxygens (including phenoxy) is 2. The molecule has 7 heteroatoms. The molecule has 0 aliphatic carbocycles. The number of hydrogen-bond donors (Lipinski definition) is 1. The third kappa shape index (κ3) is 3.88. The predicted octanol–water partition coefficient (Wildman–Crippen LogP) is 3.14. The molecule has 0 saturated carbocycles. The van der Waals surface area contributed by atoms with Crippen LogP contribution in [-0.2, 0) is 13.5 Å². The summed E-state index contributed by atoms with van der Waals surface area (Å²) in [5.74, 6) is 1.20. The molecule has 3 aromatic rings. The Labute approximate surface area is 156 Å². The van der Waals surface area contributed by atoms with E-state index in [0.717, 1.165) is 12.0 Å². The molecule has 0 aliphatic heterocycles. The van der Waals surface area contributed by atoms with E-state index in [2.05, 4.69) is 16.5 Å². The molecule has 136 valence electrons. The van der Waals surface area contributed by atoms with E-state index in [1.54, 1.807) is 49.4 Å². The van der Waals surface area contributed by atoms with Gasteiger partial charge in [-0.25, -0.2) is 0 Å². The van der Waals surface area contributed by atoms with Gasteiger partial charge in [-0.2, -0.15) is 5.10 Å². The van der Waals surface area contributed by atoms with Crippen LogP contribution >= 0.6 is 11.3 Å². The smallest absolute Gasteiger partial charge is 0.269 e. The molecule has 0 fully saturated rings. The van der Waals surface area contributed by atoms with Crippen molar-refractivity contribution >= 4 is 17.2 Å². The summed E-state index contributed by atoms with van der Waals surface area (Å²) in [5, 5.41) is 9.44. The van der Waals surface area contributed by atoms with Crippen LogP contribution in [0.2, 0.25) is 0 Å². The topological polar surface area (TPSA) is 65.4 Å². The third-order valence-electron chi connectivity index (χ3n) is 4.03. The summed E-state index contributed by atoms with van der Waals surface area (Å²) in [7, 11) is 4.96. The lowest BCUT2D eigenvalue weighted by atomic mass is 10.1. The molecule has 0 unspecified atom stereocenters. The van der Waals surface area contributed by atoms with Crippen LogP contribution in [0, 0.1) is 0 Å². The van der Waals surface area contributed by atoms with Gasteiger partial charge in [0.25, 0.3) is 5.91 Å². The number of aryl methyl sites for hydroxylation is 1. The summed E-state index contributed by atoms with van der Waals surface area (Å²) in [6, 6.07) is 11.4. The van der Waals surface area contributed by atoms with E-state index in [9.17, 15) is 4.79 Å². The minimum Gasteiger partial charge on any atom is -0.497 e. The maximum absolute atomic E-state index is 12.5. The number of methoxy groups -OCH3 is 2. The molecule has 26 heavy (non-hydrogen) atoms. The van der Waals surface area contributed by atoms with Crippen LogP contribution in [0.1, 0.15) is 15.4 Å². The van der Waals surface area contributed by atoms with Crippen molar-refractivity contribution in [2.24, 2.45) is 7.05 Å². The van der Waals surface area contributed by atoms with Crippen molar-refractivity contribution < 1.29 is 14.3 Å². The van der Waals surface area contributed by atoms with Crippen LogP contribution in [0.3, 0.4) is 0 Å². The van der Waals surface area contributed by atoms with Crippen LogP contribution in [0.4, 0.5) is 0 Å². The molecule has 3 rings (SSSR count). The highest BCUT2D eigenvalue weighted by Gasteiger charge is 2.17. The van der Waals surface area contributed by atoms with Gasteiger partial charge in [0, 0.05) is 30.1 Å². The highest BCUT2D eigenvalue weighted by atomic mass is 32.1. The zero-order valence-electron chi connectivity index (χ0n) is 15.0. The van der Waals surface area contributed by atoms with E-state index in [1.165, 1.54) is 4.88 Å². The molecule has 6 nitrogen and oxygen atoms in total. The molecule has 0 spiro atoms. The van der Waals surface area contributed by atoms with Crippen LogP contribution in [-0.4, -0.2) is 36.5 Å². The van der Waals surface area contributed by atoms with Crippen LogP contribution in [0.25, 0.3) is 11.3 Å². The summed E-state index contributed by atoms with van der Waals surface area (Å²) < 4.78 is 12.2. The fourth-order valence-corrected chi connectivity index (χ4v) is 3.38. The average molecular weight is 371 g/mol. The molecule has 0 atom stereocenters. The van der Waals surface area contributed by atoms with E-state index < -0.39 is 0 Å². The summed E-state index contributed by atoms with van der Waals surface area (Å²) in [4.78, 5) is 13.7. The van der Waals surface area contributed by atoms with Crippen molar-refractivity contribution in [3.8, 4) is 22.8 Å². The van der Waals surface area contributed by atoms with Crippen molar-refractivity contribution in [2.75, 3.05) is 20.8 Å². The highest BCUT2D eigenvalue weighted by molar-refractivity contribution is 7.09. The number of nitrogens with zero attached hydrogens (tertiary/aromatic N) is 2. The minimum absolute atomic E-state index is 0.143. The van der Waals surface area contributed by atoms with Gasteiger partial charge in [-0.3, -0.25) is 9.48 Å². The molecule has 0 bridgehead atoms. The second-order valence-corrected chi connectivity index (χ2v) is 6.72. The van der Waals surface area contributed by atoms with Gasteiger partial charge in [0.05, 0.1) is 19.9 Å². The van der Waals surface area contributed by atoms with Gasteiger partial charge in [0.1, 0.15) is 17.2 Å². The lowest BCUT2D eigenvalue weighted by Gasteiger charge is -2.08. The van der Waals surface area contributed by atoms with Crippen molar-refractivity contribution in [1.82, 2.24) is 15.1 Å². The maximum atomic E-state index is 12.5. The van der Waals surface area contributed by atoms with Crippen molar-refractivity contribution in [2.45, 2.75) is 6.42 Å². The number of carbonyl (C=O) groups excluding carboxylic acids is 1. The minimum atomic E-state index is -0.143. The monoisotopic (exact) mass is 371 g/mol. The highest BCUT2D eigenvalue weighted by Crippen LogP contribution is 2.32. The first-order valence-electron chi connectivity index (χ1n) is 8.19. The number of thiophene rings is 1. The van der Waals surface area contributed by atoms with Crippen molar-refractivity contribution in [3.63, 3.8) is 0 Å². The quantitative estimate of drug-likeness (QED) is 0.693. The summed E-state index contributed by atoms with van der Waals surface area (Å²) in [6.45, 7) is 0.589. The molecule has 1 aromatic carbocycles. The van der Waals surface area contributed by atoms with E-state index in [0.29, 0.717) is 29.4 Å². The molecular weight excluding hydrogens is 350 g/mol. The molecular formula is C19H21N3O3S. The fourth-order valence-electron chi connectivity index (χ4n) is 2.67. The normalized spacial score (nSPS) is 10.6. The van der Waals surface area contributed by atoms with Gasteiger partial charge in [-0.15, -0.1) is 11.3 Å². The first-order valence-corrected chi connectivity index (χ1v) is 9.07. The molecule has 1 amide bonds. The van der Waals surface area contributed by atoms with Gasteiger partial charge in [-0.05, 0) is 36.1 Å². The van der Waals surface area contributed by atoms with Gasteiger partial charge >= 0.3 is 0 Å². The van der Waals surface area contributed by atoms with Crippen molar-refractivity contribution in [1.29, 1.82) is 0 Å². The molecule has 2 aromatic heterocycles. The molecule has 2 heterocycles. The zero-order valence-corrected chi connectivity index (χ0v) is 15.8. The Morgan fingerprint density at radius 1 is 1.23 bits per heavy atom. The molecule has 0 aliphatic rings. The lowest BCUT2D eigenvalue weighted by molar-refractivity contribution is 0.0945. The Morgan fingerprint density at radius 2 is 2.08 bits per heavy atom. The Hall–Kier alpha value is -2.80. The molecule has 0 saturated heterocycles. The number of amides is 1.